The Labute approximate surface area is 137 Å². The van der Waals surface area contributed by atoms with Crippen LogP contribution in [0.1, 0.15) is 39.1 Å². The van der Waals surface area contributed by atoms with Gasteiger partial charge in [0.05, 0.1) is 24.3 Å². The van der Waals surface area contributed by atoms with E-state index in [-0.39, 0.29) is 17.5 Å². The first-order chi connectivity index (χ1) is 10.7. The molecule has 2 rings (SSSR count). The van der Waals surface area contributed by atoms with Crippen LogP contribution in [0.3, 0.4) is 0 Å². The van der Waals surface area contributed by atoms with Crippen LogP contribution in [0.4, 0.5) is 0 Å². The Kier molecular flexibility index (Phi) is 4.97. The molecule has 0 bridgehead atoms. The number of amides is 1. The minimum Gasteiger partial charge on any atom is -0.359 e. The third-order valence-corrected chi connectivity index (χ3v) is 3.95. The van der Waals surface area contributed by atoms with Crippen LogP contribution in [0.5, 0.6) is 0 Å². The van der Waals surface area contributed by atoms with Gasteiger partial charge in [0, 0.05) is 25.7 Å². The van der Waals surface area contributed by atoms with Gasteiger partial charge in [-0.15, -0.1) is 0 Å². The highest BCUT2D eigenvalue weighted by Crippen LogP contribution is 2.24. The number of aromatic nitrogens is 1. The highest BCUT2D eigenvalue weighted by molar-refractivity contribution is 5.88. The molecule has 23 heavy (non-hydrogen) atoms. The molecule has 1 N–H and O–H groups in total. The Hall–Kier alpha value is -2.05. The molecule has 0 saturated carbocycles. The number of hydrogen-bond acceptors (Lipinski definition) is 4. The molecular weight excluding hydrogens is 294 g/mol. The number of hydrogen-bond donors (Lipinski definition) is 1. The van der Waals surface area contributed by atoms with Gasteiger partial charge in [0.1, 0.15) is 0 Å². The van der Waals surface area contributed by atoms with E-state index >= 15 is 0 Å². The van der Waals surface area contributed by atoms with Crippen LogP contribution in [0.2, 0.25) is 0 Å². The molecule has 0 spiro atoms. The lowest BCUT2D eigenvalue weighted by atomic mass is 9.96. The normalized spacial score (nSPS) is 18.7. The van der Waals surface area contributed by atoms with Gasteiger partial charge in [-0.1, -0.05) is 5.16 Å². The summed E-state index contributed by atoms with van der Waals surface area (Å²) in [5, 5.41) is 7.11. The second-order valence-electron chi connectivity index (χ2n) is 6.86. The Morgan fingerprint density at radius 1 is 1.52 bits per heavy atom. The molecule has 0 aliphatic carbocycles. The fourth-order valence-corrected chi connectivity index (χ4v) is 3.31. The van der Waals surface area contributed by atoms with Crippen molar-refractivity contribution in [2.75, 3.05) is 20.1 Å². The number of aryl methyl sites for hydroxylation is 1. The van der Waals surface area contributed by atoms with Crippen LogP contribution in [-0.2, 0) is 11.3 Å². The minimum absolute atomic E-state index is 0.120. The van der Waals surface area contributed by atoms with Gasteiger partial charge in [-0.05, 0) is 34.6 Å². The predicted molar refractivity (Wildman–Crippen MR) is 89.1 cm³/mol. The van der Waals surface area contributed by atoms with E-state index in [0.29, 0.717) is 19.0 Å². The smallest absolute Gasteiger partial charge is 0.242 e. The molecule has 0 radical (unpaired) electrons. The van der Waals surface area contributed by atoms with Crippen molar-refractivity contribution in [3.05, 3.63) is 17.5 Å². The molecule has 7 nitrogen and oxygen atoms in total. The number of nitrogens with zero attached hydrogens (tertiary/aromatic N) is 4. The average Bonchev–Trinajstić information content (AvgIpc) is 2.82. The van der Waals surface area contributed by atoms with Crippen molar-refractivity contribution in [1.82, 2.24) is 20.3 Å². The lowest BCUT2D eigenvalue weighted by Crippen LogP contribution is -2.66. The number of guanidine groups is 1. The van der Waals surface area contributed by atoms with Crippen LogP contribution in [0, 0.1) is 6.92 Å². The third-order valence-electron chi connectivity index (χ3n) is 3.95. The molecule has 2 heterocycles. The molecular formula is C16H27N5O2. The molecule has 1 aliphatic rings. The quantitative estimate of drug-likeness (QED) is 0.673. The molecule has 1 amide bonds. The second kappa shape index (κ2) is 6.60. The summed E-state index contributed by atoms with van der Waals surface area (Å²) < 4.78 is 5.20. The van der Waals surface area contributed by atoms with Gasteiger partial charge in [0.15, 0.2) is 11.7 Å². The van der Waals surface area contributed by atoms with Gasteiger partial charge in [0.2, 0.25) is 5.91 Å². The number of rotatable bonds is 3. The first-order valence-corrected chi connectivity index (χ1v) is 7.94. The van der Waals surface area contributed by atoms with E-state index in [4.69, 9.17) is 4.52 Å². The van der Waals surface area contributed by atoms with E-state index in [1.54, 1.807) is 7.05 Å². The maximum Gasteiger partial charge on any atom is 0.242 e. The lowest BCUT2D eigenvalue weighted by Gasteiger charge is -2.49. The van der Waals surface area contributed by atoms with Gasteiger partial charge >= 0.3 is 0 Å². The highest BCUT2D eigenvalue weighted by atomic mass is 16.5. The fourth-order valence-electron chi connectivity index (χ4n) is 3.31. The highest BCUT2D eigenvalue weighted by Gasteiger charge is 2.40. The minimum atomic E-state index is -0.246. The number of carbonyl (C=O) groups is 1. The molecule has 0 unspecified atom stereocenters. The zero-order chi connectivity index (χ0) is 17.2. The van der Waals surface area contributed by atoms with Gasteiger partial charge in [-0.3, -0.25) is 9.79 Å². The summed E-state index contributed by atoms with van der Waals surface area (Å²) in [6.45, 7) is 11.7. The Balaban J connectivity index is 2.06. The maximum atomic E-state index is 12.5. The van der Waals surface area contributed by atoms with Crippen LogP contribution >= 0.6 is 0 Å². The SMILES string of the molecule is CN=C(NCc1cc(C)no1)N1CC(=O)N(C(C)C)C(C)(C)C1. The first-order valence-electron chi connectivity index (χ1n) is 7.94. The second-order valence-corrected chi connectivity index (χ2v) is 6.86. The largest absolute Gasteiger partial charge is 0.359 e. The monoisotopic (exact) mass is 321 g/mol. The van der Waals surface area contributed by atoms with Gasteiger partial charge in [-0.25, -0.2) is 0 Å². The summed E-state index contributed by atoms with van der Waals surface area (Å²) in [4.78, 5) is 20.8. The van der Waals surface area contributed by atoms with E-state index in [0.717, 1.165) is 18.0 Å². The maximum absolute atomic E-state index is 12.5. The molecule has 1 fully saturated rings. The summed E-state index contributed by atoms with van der Waals surface area (Å²) in [5.41, 5.74) is 0.600. The molecule has 1 aliphatic heterocycles. The van der Waals surface area contributed by atoms with Crippen molar-refractivity contribution in [2.24, 2.45) is 4.99 Å². The summed E-state index contributed by atoms with van der Waals surface area (Å²) in [6.07, 6.45) is 0. The van der Waals surface area contributed by atoms with E-state index in [1.807, 2.05) is 22.8 Å². The summed E-state index contributed by atoms with van der Waals surface area (Å²) in [6, 6.07) is 2.07. The van der Waals surface area contributed by atoms with E-state index < -0.39 is 0 Å². The van der Waals surface area contributed by atoms with Crippen molar-refractivity contribution in [3.63, 3.8) is 0 Å². The van der Waals surface area contributed by atoms with Crippen molar-refractivity contribution < 1.29 is 9.32 Å². The van der Waals surface area contributed by atoms with Crippen LogP contribution in [0.25, 0.3) is 0 Å². The zero-order valence-electron chi connectivity index (χ0n) is 14.9. The van der Waals surface area contributed by atoms with Crippen LogP contribution in [0.15, 0.2) is 15.6 Å². The van der Waals surface area contributed by atoms with Crippen molar-refractivity contribution in [2.45, 2.75) is 52.7 Å². The molecule has 1 aromatic heterocycles. The van der Waals surface area contributed by atoms with E-state index in [1.165, 1.54) is 0 Å². The molecule has 0 aromatic carbocycles. The molecule has 0 atom stereocenters. The number of nitrogens with one attached hydrogen (secondary N) is 1. The van der Waals surface area contributed by atoms with Crippen molar-refractivity contribution in [3.8, 4) is 0 Å². The Bertz CT molecular complexity index is 591. The Morgan fingerprint density at radius 3 is 2.70 bits per heavy atom. The van der Waals surface area contributed by atoms with Crippen molar-refractivity contribution in [1.29, 1.82) is 0 Å². The standard InChI is InChI=1S/C16H27N5O2/c1-11(2)21-14(22)9-20(10-16(21,4)5)15(17-6)18-8-13-7-12(3)19-23-13/h7,11H,8-10H2,1-6H3,(H,17,18). The van der Waals surface area contributed by atoms with Crippen LogP contribution in [-0.4, -0.2) is 58.5 Å². The fraction of sp³-hybridized carbons (Fsp3) is 0.688. The van der Waals surface area contributed by atoms with Gasteiger partial charge in [-0.2, -0.15) is 0 Å². The number of aliphatic imine (C=N–C) groups is 1. The summed E-state index contributed by atoms with van der Waals surface area (Å²) >= 11 is 0. The Morgan fingerprint density at radius 2 is 2.22 bits per heavy atom. The topological polar surface area (TPSA) is 74.0 Å². The van der Waals surface area contributed by atoms with E-state index in [9.17, 15) is 4.79 Å². The average molecular weight is 321 g/mol. The molecule has 1 aromatic rings. The number of carbonyl (C=O) groups excluding carboxylic acids is 1. The summed E-state index contributed by atoms with van der Waals surface area (Å²) in [7, 11) is 1.72. The molecule has 1 saturated heterocycles. The van der Waals surface area contributed by atoms with Crippen molar-refractivity contribution >= 4 is 11.9 Å². The lowest BCUT2D eigenvalue weighted by molar-refractivity contribution is -0.145. The zero-order valence-corrected chi connectivity index (χ0v) is 14.9. The van der Waals surface area contributed by atoms with Gasteiger partial charge in [0.25, 0.3) is 0 Å². The van der Waals surface area contributed by atoms with Gasteiger partial charge < -0.3 is 19.6 Å². The molecule has 7 heteroatoms. The predicted octanol–water partition coefficient (Wildman–Crippen LogP) is 1.39. The summed E-state index contributed by atoms with van der Waals surface area (Å²) in [5.74, 6) is 1.56. The first kappa shape index (κ1) is 17.3. The van der Waals surface area contributed by atoms with Crippen LogP contribution < -0.4 is 5.32 Å². The third kappa shape index (κ3) is 3.83. The van der Waals surface area contributed by atoms with E-state index in [2.05, 4.69) is 43.2 Å². The molecule has 128 valence electrons. The number of piperazine rings is 1.